The van der Waals surface area contributed by atoms with E-state index in [-0.39, 0.29) is 6.79 Å². The van der Waals surface area contributed by atoms with E-state index in [4.69, 9.17) is 9.47 Å². The van der Waals surface area contributed by atoms with Crippen molar-refractivity contribution in [2.75, 3.05) is 6.79 Å². The van der Waals surface area contributed by atoms with Crippen LogP contribution >= 0.6 is 0 Å². The van der Waals surface area contributed by atoms with E-state index in [1.54, 1.807) is 29.2 Å². The van der Waals surface area contributed by atoms with Crippen LogP contribution in [-0.2, 0) is 7.05 Å². The van der Waals surface area contributed by atoms with Gasteiger partial charge in [0.2, 0.25) is 6.79 Å². The Hall–Kier alpha value is -2.01. The smallest absolute Gasteiger partial charge is 0.231 e. The van der Waals surface area contributed by atoms with Crippen molar-refractivity contribution in [1.29, 1.82) is 0 Å². The monoisotopic (exact) mass is 232 g/mol. The second kappa shape index (κ2) is 3.78. The van der Waals surface area contributed by atoms with E-state index in [9.17, 15) is 5.11 Å². The number of hydrogen-bond donors (Lipinski definition) is 1. The molecule has 0 saturated carbocycles. The van der Waals surface area contributed by atoms with Crippen LogP contribution < -0.4 is 9.47 Å². The van der Waals surface area contributed by atoms with Gasteiger partial charge in [-0.3, -0.25) is 0 Å². The number of hydrogen-bond acceptors (Lipinski definition) is 4. The normalized spacial score (nSPS) is 14.9. The maximum absolute atomic E-state index is 10.2. The Morgan fingerprint density at radius 1 is 1.35 bits per heavy atom. The van der Waals surface area contributed by atoms with E-state index in [1.807, 2.05) is 13.1 Å². The summed E-state index contributed by atoms with van der Waals surface area (Å²) in [6, 6.07) is 5.39. The molecule has 1 aliphatic heterocycles. The molecule has 1 aliphatic rings. The molecule has 1 aromatic carbocycles. The SMILES string of the molecule is Cn1cnc(C(O)c2ccc3c(c2)OCO3)c1. The lowest BCUT2D eigenvalue weighted by molar-refractivity contribution is 0.173. The fourth-order valence-corrected chi connectivity index (χ4v) is 1.83. The first-order valence-electron chi connectivity index (χ1n) is 5.29. The number of ether oxygens (including phenoxy) is 2. The topological polar surface area (TPSA) is 56.5 Å². The summed E-state index contributed by atoms with van der Waals surface area (Å²) in [6.45, 7) is 0.235. The van der Waals surface area contributed by atoms with Gasteiger partial charge in [0, 0.05) is 13.2 Å². The van der Waals surface area contributed by atoms with Crippen LogP contribution in [0.2, 0.25) is 0 Å². The highest BCUT2D eigenvalue weighted by atomic mass is 16.7. The average molecular weight is 232 g/mol. The number of aromatic nitrogens is 2. The summed E-state index contributed by atoms with van der Waals surface area (Å²) in [5.41, 5.74) is 1.36. The van der Waals surface area contributed by atoms with Gasteiger partial charge in [-0.15, -0.1) is 0 Å². The van der Waals surface area contributed by atoms with E-state index in [0.717, 1.165) is 5.56 Å². The van der Waals surface area contributed by atoms with Crippen LogP contribution in [-0.4, -0.2) is 21.5 Å². The quantitative estimate of drug-likeness (QED) is 0.846. The van der Waals surface area contributed by atoms with Gasteiger partial charge in [0.1, 0.15) is 6.10 Å². The highest BCUT2D eigenvalue weighted by Gasteiger charge is 2.18. The van der Waals surface area contributed by atoms with E-state index >= 15 is 0 Å². The van der Waals surface area contributed by atoms with Gasteiger partial charge in [0.05, 0.1) is 12.0 Å². The number of nitrogens with zero attached hydrogens (tertiary/aromatic N) is 2. The Balaban J connectivity index is 1.94. The van der Waals surface area contributed by atoms with Gasteiger partial charge in [-0.25, -0.2) is 4.98 Å². The molecule has 0 bridgehead atoms. The first-order valence-corrected chi connectivity index (χ1v) is 5.29. The second-order valence-electron chi connectivity index (χ2n) is 3.98. The maximum Gasteiger partial charge on any atom is 0.231 e. The van der Waals surface area contributed by atoms with Crippen molar-refractivity contribution in [3.05, 3.63) is 42.0 Å². The van der Waals surface area contributed by atoms with Gasteiger partial charge in [-0.05, 0) is 17.7 Å². The molecule has 0 amide bonds. The third-order valence-corrected chi connectivity index (χ3v) is 2.72. The number of benzene rings is 1. The summed E-state index contributed by atoms with van der Waals surface area (Å²) in [5.74, 6) is 1.37. The van der Waals surface area contributed by atoms with Gasteiger partial charge in [0.15, 0.2) is 11.5 Å². The van der Waals surface area contributed by atoms with Crippen LogP contribution in [0.1, 0.15) is 17.4 Å². The second-order valence-corrected chi connectivity index (χ2v) is 3.98. The molecule has 0 radical (unpaired) electrons. The minimum absolute atomic E-state index is 0.235. The van der Waals surface area contributed by atoms with Gasteiger partial charge < -0.3 is 19.1 Å². The Kier molecular flexibility index (Phi) is 2.26. The molecule has 1 N–H and O–H groups in total. The largest absolute Gasteiger partial charge is 0.454 e. The van der Waals surface area contributed by atoms with Crippen molar-refractivity contribution in [3.63, 3.8) is 0 Å². The van der Waals surface area contributed by atoms with Crippen LogP contribution in [0.15, 0.2) is 30.7 Å². The Bertz CT molecular complexity index is 550. The Morgan fingerprint density at radius 2 is 2.18 bits per heavy atom. The number of imidazole rings is 1. The zero-order valence-electron chi connectivity index (χ0n) is 9.33. The lowest BCUT2D eigenvalue weighted by Gasteiger charge is -2.08. The third kappa shape index (κ3) is 1.74. The minimum Gasteiger partial charge on any atom is -0.454 e. The van der Waals surface area contributed by atoms with Crippen molar-refractivity contribution in [1.82, 2.24) is 9.55 Å². The zero-order valence-corrected chi connectivity index (χ0v) is 9.33. The molecule has 17 heavy (non-hydrogen) atoms. The molecule has 3 rings (SSSR count). The predicted octanol–water partition coefficient (Wildman–Crippen LogP) is 1.23. The molecular weight excluding hydrogens is 220 g/mol. The number of aryl methyl sites for hydroxylation is 1. The first kappa shape index (κ1) is 10.2. The molecular formula is C12H12N2O3. The maximum atomic E-state index is 10.2. The van der Waals surface area contributed by atoms with Crippen molar-refractivity contribution in [2.24, 2.45) is 7.05 Å². The molecule has 1 unspecified atom stereocenters. The van der Waals surface area contributed by atoms with Gasteiger partial charge in [-0.1, -0.05) is 6.07 Å². The summed E-state index contributed by atoms with van der Waals surface area (Å²) in [5, 5.41) is 10.2. The number of rotatable bonds is 2. The van der Waals surface area contributed by atoms with Crippen LogP contribution in [0.25, 0.3) is 0 Å². The van der Waals surface area contributed by atoms with Gasteiger partial charge in [0.25, 0.3) is 0 Å². The Morgan fingerprint density at radius 3 is 2.94 bits per heavy atom. The number of fused-ring (bicyclic) bond motifs is 1. The molecule has 2 aromatic rings. The van der Waals surface area contributed by atoms with Crippen molar-refractivity contribution in [2.45, 2.75) is 6.10 Å². The summed E-state index contributed by atoms with van der Waals surface area (Å²) >= 11 is 0. The van der Waals surface area contributed by atoms with E-state index in [0.29, 0.717) is 17.2 Å². The van der Waals surface area contributed by atoms with Gasteiger partial charge in [-0.2, -0.15) is 0 Å². The van der Waals surface area contributed by atoms with E-state index < -0.39 is 6.10 Å². The first-order chi connectivity index (χ1) is 8.24. The van der Waals surface area contributed by atoms with Crippen LogP contribution in [0.3, 0.4) is 0 Å². The molecule has 5 heteroatoms. The highest BCUT2D eigenvalue weighted by Crippen LogP contribution is 2.35. The molecule has 2 heterocycles. The fraction of sp³-hybridized carbons (Fsp3) is 0.250. The number of aliphatic hydroxyl groups is 1. The summed E-state index contributed by atoms with van der Waals surface area (Å²) < 4.78 is 12.3. The van der Waals surface area contributed by atoms with E-state index in [1.165, 1.54) is 0 Å². The van der Waals surface area contributed by atoms with Crippen LogP contribution in [0.5, 0.6) is 11.5 Å². The van der Waals surface area contributed by atoms with E-state index in [2.05, 4.69) is 4.98 Å². The zero-order chi connectivity index (χ0) is 11.8. The van der Waals surface area contributed by atoms with Crippen LogP contribution in [0.4, 0.5) is 0 Å². The molecule has 0 aliphatic carbocycles. The fourth-order valence-electron chi connectivity index (χ4n) is 1.83. The van der Waals surface area contributed by atoms with Crippen LogP contribution in [0, 0.1) is 0 Å². The molecule has 0 fully saturated rings. The molecule has 88 valence electrons. The minimum atomic E-state index is -0.745. The molecule has 0 spiro atoms. The third-order valence-electron chi connectivity index (χ3n) is 2.72. The lowest BCUT2D eigenvalue weighted by atomic mass is 10.1. The molecule has 1 atom stereocenters. The summed E-state index contributed by atoms with van der Waals surface area (Å²) in [4.78, 5) is 4.13. The Labute approximate surface area is 98.2 Å². The van der Waals surface area contributed by atoms with Crippen molar-refractivity contribution >= 4 is 0 Å². The molecule has 1 aromatic heterocycles. The molecule has 5 nitrogen and oxygen atoms in total. The summed E-state index contributed by atoms with van der Waals surface area (Å²) in [7, 11) is 1.86. The number of aliphatic hydroxyl groups excluding tert-OH is 1. The summed E-state index contributed by atoms with van der Waals surface area (Å²) in [6.07, 6.45) is 2.70. The highest BCUT2D eigenvalue weighted by molar-refractivity contribution is 5.46. The predicted molar refractivity (Wildman–Crippen MR) is 59.8 cm³/mol. The average Bonchev–Trinajstić information content (AvgIpc) is 2.95. The standard InChI is InChI=1S/C12H12N2O3/c1-14-5-9(13-6-14)12(15)8-2-3-10-11(4-8)17-7-16-10/h2-6,12,15H,7H2,1H3. The molecule has 0 saturated heterocycles. The lowest BCUT2D eigenvalue weighted by Crippen LogP contribution is -2.00. The van der Waals surface area contributed by atoms with Crippen molar-refractivity contribution in [3.8, 4) is 11.5 Å². The van der Waals surface area contributed by atoms with Gasteiger partial charge >= 0.3 is 0 Å². The van der Waals surface area contributed by atoms with Crippen molar-refractivity contribution < 1.29 is 14.6 Å².